The van der Waals surface area contributed by atoms with E-state index in [2.05, 4.69) is 0 Å². The first kappa shape index (κ1) is 7.54. The van der Waals surface area contributed by atoms with Crippen LogP contribution >= 0.6 is 0 Å². The van der Waals surface area contributed by atoms with Crippen LogP contribution in [0.3, 0.4) is 0 Å². The summed E-state index contributed by atoms with van der Waals surface area (Å²) in [5.74, 6) is -1.10. The Labute approximate surface area is 59.7 Å². The molecule has 0 amide bonds. The molecule has 0 aromatic rings. The number of hydrogen-bond donors (Lipinski definition) is 2. The van der Waals surface area contributed by atoms with Crippen LogP contribution in [-0.4, -0.2) is 22.3 Å². The molecule has 1 atom stereocenters. The summed E-state index contributed by atoms with van der Waals surface area (Å²) >= 11 is 0. The maximum Gasteiger partial charge on any atom is 0.332 e. The molecule has 1 saturated carbocycles. The van der Waals surface area contributed by atoms with Gasteiger partial charge in [0, 0.05) is 0 Å². The third kappa shape index (κ3) is 1.70. The third-order valence-electron chi connectivity index (χ3n) is 2.07. The smallest absolute Gasteiger partial charge is 0.332 e. The van der Waals surface area contributed by atoms with Crippen molar-refractivity contribution in [3.63, 3.8) is 0 Å². The van der Waals surface area contributed by atoms with Crippen molar-refractivity contribution in [2.75, 3.05) is 0 Å². The molecule has 1 fully saturated rings. The number of aliphatic hydroxyl groups is 1. The number of rotatable bonds is 3. The highest BCUT2D eigenvalue weighted by Crippen LogP contribution is 2.48. The summed E-state index contributed by atoms with van der Waals surface area (Å²) in [5.41, 5.74) is 0.123. The van der Waals surface area contributed by atoms with Gasteiger partial charge >= 0.3 is 5.97 Å². The topological polar surface area (TPSA) is 57.5 Å². The molecule has 0 spiro atoms. The van der Waals surface area contributed by atoms with Crippen LogP contribution in [0.1, 0.15) is 26.2 Å². The van der Waals surface area contributed by atoms with Crippen LogP contribution < -0.4 is 0 Å². The van der Waals surface area contributed by atoms with Crippen LogP contribution in [0.5, 0.6) is 0 Å². The molecule has 0 aromatic carbocycles. The Bertz CT molecular complexity index is 149. The highest BCUT2D eigenvalue weighted by atomic mass is 16.4. The molecule has 0 bridgehead atoms. The molecule has 0 heterocycles. The summed E-state index contributed by atoms with van der Waals surface area (Å²) in [5, 5.41) is 17.2. The Hall–Kier alpha value is -0.570. The third-order valence-corrected chi connectivity index (χ3v) is 2.07. The molecule has 3 heteroatoms. The van der Waals surface area contributed by atoms with E-state index in [9.17, 15) is 4.79 Å². The summed E-state index contributed by atoms with van der Waals surface area (Å²) in [6.07, 6.45) is 1.35. The molecule has 58 valence electrons. The van der Waals surface area contributed by atoms with Gasteiger partial charge in [0.05, 0.1) is 0 Å². The fourth-order valence-corrected chi connectivity index (χ4v) is 0.972. The zero-order chi connectivity index (χ0) is 7.78. The number of aliphatic hydroxyl groups excluding tert-OH is 1. The van der Waals surface area contributed by atoms with Crippen molar-refractivity contribution in [1.82, 2.24) is 0 Å². The second kappa shape index (κ2) is 2.23. The molecule has 1 aliphatic rings. The molecule has 0 aromatic heterocycles. The molecule has 0 aliphatic heterocycles. The first-order chi connectivity index (χ1) is 4.53. The first-order valence-corrected chi connectivity index (χ1v) is 3.44. The van der Waals surface area contributed by atoms with Crippen molar-refractivity contribution in [3.8, 4) is 0 Å². The largest absolute Gasteiger partial charge is 0.479 e. The molecule has 0 radical (unpaired) electrons. The standard InChI is InChI=1S/C7H12O3/c1-7(2-3-7)4-5(8)6(9)10/h5,8H,2-4H2,1H3,(H,9,10). The molecular weight excluding hydrogens is 132 g/mol. The quantitative estimate of drug-likeness (QED) is 0.610. The van der Waals surface area contributed by atoms with Crippen molar-refractivity contribution < 1.29 is 15.0 Å². The van der Waals surface area contributed by atoms with Gasteiger partial charge in [-0.25, -0.2) is 4.79 Å². The van der Waals surface area contributed by atoms with Crippen molar-refractivity contribution >= 4 is 5.97 Å². The molecule has 0 saturated heterocycles. The molecule has 10 heavy (non-hydrogen) atoms. The fraction of sp³-hybridized carbons (Fsp3) is 0.857. The van der Waals surface area contributed by atoms with Crippen molar-refractivity contribution in [2.24, 2.45) is 5.41 Å². The zero-order valence-corrected chi connectivity index (χ0v) is 6.00. The van der Waals surface area contributed by atoms with E-state index >= 15 is 0 Å². The predicted molar refractivity (Wildman–Crippen MR) is 35.6 cm³/mol. The summed E-state index contributed by atoms with van der Waals surface area (Å²) in [4.78, 5) is 10.2. The molecule has 1 unspecified atom stereocenters. The lowest BCUT2D eigenvalue weighted by molar-refractivity contribution is -0.147. The van der Waals surface area contributed by atoms with Crippen molar-refractivity contribution in [1.29, 1.82) is 0 Å². The number of carboxylic acid groups (broad SMARTS) is 1. The van der Waals surface area contributed by atoms with Gasteiger partial charge in [-0.1, -0.05) is 6.92 Å². The van der Waals surface area contributed by atoms with Gasteiger partial charge in [0.25, 0.3) is 0 Å². The Morgan fingerprint density at radius 1 is 1.70 bits per heavy atom. The normalized spacial score (nSPS) is 23.8. The highest BCUT2D eigenvalue weighted by molar-refractivity contribution is 5.71. The minimum Gasteiger partial charge on any atom is -0.479 e. The summed E-state index contributed by atoms with van der Waals surface area (Å²) in [6.45, 7) is 2.00. The van der Waals surface area contributed by atoms with E-state index in [1.165, 1.54) is 0 Å². The molecular formula is C7H12O3. The Morgan fingerprint density at radius 2 is 2.20 bits per heavy atom. The molecule has 2 N–H and O–H groups in total. The van der Waals surface area contributed by atoms with Crippen molar-refractivity contribution in [3.05, 3.63) is 0 Å². The fourth-order valence-electron chi connectivity index (χ4n) is 0.972. The van der Waals surface area contributed by atoms with Gasteiger partial charge < -0.3 is 10.2 Å². The van der Waals surface area contributed by atoms with E-state index in [0.29, 0.717) is 6.42 Å². The van der Waals surface area contributed by atoms with E-state index in [1.807, 2.05) is 6.92 Å². The minimum atomic E-state index is -1.16. The van der Waals surface area contributed by atoms with Crippen LogP contribution in [0.4, 0.5) is 0 Å². The lowest BCUT2D eigenvalue weighted by Gasteiger charge is -2.09. The SMILES string of the molecule is CC1(CC(O)C(=O)O)CC1. The van der Waals surface area contributed by atoms with Gasteiger partial charge in [-0.05, 0) is 24.7 Å². The highest BCUT2D eigenvalue weighted by Gasteiger charge is 2.40. The molecule has 1 rings (SSSR count). The van der Waals surface area contributed by atoms with Crippen LogP contribution in [0.15, 0.2) is 0 Å². The van der Waals surface area contributed by atoms with Gasteiger partial charge in [-0.2, -0.15) is 0 Å². The lowest BCUT2D eigenvalue weighted by Crippen LogP contribution is -2.22. The second-order valence-corrected chi connectivity index (χ2v) is 3.37. The Morgan fingerprint density at radius 3 is 2.50 bits per heavy atom. The molecule has 1 aliphatic carbocycles. The number of hydrogen-bond acceptors (Lipinski definition) is 2. The first-order valence-electron chi connectivity index (χ1n) is 3.44. The van der Waals surface area contributed by atoms with Crippen LogP contribution in [0, 0.1) is 5.41 Å². The van der Waals surface area contributed by atoms with Crippen LogP contribution in [-0.2, 0) is 4.79 Å². The molecule has 3 nitrogen and oxygen atoms in total. The van der Waals surface area contributed by atoms with Gasteiger partial charge in [0.2, 0.25) is 0 Å². The summed E-state index contributed by atoms with van der Waals surface area (Å²) in [6, 6.07) is 0. The maximum absolute atomic E-state index is 10.2. The van der Waals surface area contributed by atoms with E-state index in [1.54, 1.807) is 0 Å². The van der Waals surface area contributed by atoms with Crippen LogP contribution in [0.2, 0.25) is 0 Å². The average Bonchev–Trinajstić information content (AvgIpc) is 2.47. The lowest BCUT2D eigenvalue weighted by atomic mass is 10.0. The average molecular weight is 144 g/mol. The number of carbonyl (C=O) groups is 1. The van der Waals surface area contributed by atoms with E-state index in [4.69, 9.17) is 10.2 Å². The van der Waals surface area contributed by atoms with Crippen LogP contribution in [0.25, 0.3) is 0 Å². The minimum absolute atomic E-state index is 0.123. The van der Waals surface area contributed by atoms with Crippen molar-refractivity contribution in [2.45, 2.75) is 32.3 Å². The maximum atomic E-state index is 10.2. The van der Waals surface area contributed by atoms with E-state index in [0.717, 1.165) is 12.8 Å². The summed E-state index contributed by atoms with van der Waals surface area (Å²) < 4.78 is 0. The van der Waals surface area contributed by atoms with E-state index < -0.39 is 12.1 Å². The van der Waals surface area contributed by atoms with Gasteiger partial charge in [0.15, 0.2) is 6.10 Å². The van der Waals surface area contributed by atoms with E-state index in [-0.39, 0.29) is 5.41 Å². The van der Waals surface area contributed by atoms with Gasteiger partial charge in [0.1, 0.15) is 0 Å². The summed E-state index contributed by atoms with van der Waals surface area (Å²) in [7, 11) is 0. The second-order valence-electron chi connectivity index (χ2n) is 3.37. The monoisotopic (exact) mass is 144 g/mol. The Balaban J connectivity index is 2.31. The predicted octanol–water partition coefficient (Wildman–Crippen LogP) is 0.622. The van der Waals surface area contributed by atoms with Gasteiger partial charge in [-0.15, -0.1) is 0 Å². The number of aliphatic carboxylic acids is 1. The zero-order valence-electron chi connectivity index (χ0n) is 6.00. The number of carboxylic acids is 1. The van der Waals surface area contributed by atoms with Gasteiger partial charge in [-0.3, -0.25) is 0 Å². The Kier molecular flexibility index (Phi) is 1.68.